The van der Waals surface area contributed by atoms with Gasteiger partial charge in [0.25, 0.3) is 0 Å². The Morgan fingerprint density at radius 3 is 2.50 bits per heavy atom. The predicted molar refractivity (Wildman–Crippen MR) is 56.6 cm³/mol. The Labute approximate surface area is 86.3 Å². The summed E-state index contributed by atoms with van der Waals surface area (Å²) in [5.41, 5.74) is 5.65. The lowest BCUT2D eigenvalue weighted by molar-refractivity contribution is 0.173. The maximum Gasteiger partial charge on any atom is 0.213 e. The van der Waals surface area contributed by atoms with Crippen LogP contribution < -0.4 is 5.73 Å². The molecule has 5 nitrogen and oxygen atoms in total. The van der Waals surface area contributed by atoms with Gasteiger partial charge in [-0.15, -0.1) is 0 Å². The lowest BCUT2D eigenvalue weighted by Crippen LogP contribution is -2.41. The number of hydrogen-bond acceptors (Lipinski definition) is 4. The summed E-state index contributed by atoms with van der Waals surface area (Å²) in [7, 11) is -0.0417. The molecule has 0 saturated carbocycles. The van der Waals surface area contributed by atoms with Crippen LogP contribution in [0.1, 0.15) is 13.3 Å². The maximum absolute atomic E-state index is 11.5. The highest BCUT2D eigenvalue weighted by molar-refractivity contribution is 7.89. The third-order valence-corrected chi connectivity index (χ3v) is 3.83. The normalized spacial score (nSPS) is 14.6. The van der Waals surface area contributed by atoms with E-state index >= 15 is 0 Å². The van der Waals surface area contributed by atoms with Crippen molar-refractivity contribution >= 4 is 10.0 Å². The van der Waals surface area contributed by atoms with Crippen molar-refractivity contribution in [2.45, 2.75) is 19.4 Å². The van der Waals surface area contributed by atoms with Crippen molar-refractivity contribution in [1.29, 1.82) is 0 Å². The molecule has 0 bridgehead atoms. The van der Waals surface area contributed by atoms with Gasteiger partial charge in [0.2, 0.25) is 10.0 Å². The Hall–Kier alpha value is -0.170. The van der Waals surface area contributed by atoms with Crippen molar-refractivity contribution < 1.29 is 13.2 Å². The first-order chi connectivity index (χ1) is 6.44. The van der Waals surface area contributed by atoms with Gasteiger partial charge in [0, 0.05) is 26.7 Å². The van der Waals surface area contributed by atoms with Crippen LogP contribution in [0.4, 0.5) is 0 Å². The minimum Gasteiger partial charge on any atom is -0.383 e. The first-order valence-corrected chi connectivity index (χ1v) is 6.23. The summed E-state index contributed by atoms with van der Waals surface area (Å²) >= 11 is 0. The van der Waals surface area contributed by atoms with Crippen LogP contribution in [-0.2, 0) is 14.8 Å². The molecule has 2 N–H and O–H groups in total. The third-order valence-electron chi connectivity index (χ3n) is 1.81. The molecule has 0 spiro atoms. The van der Waals surface area contributed by atoms with Gasteiger partial charge in [0.15, 0.2) is 0 Å². The molecule has 0 radical (unpaired) electrons. The highest BCUT2D eigenvalue weighted by Gasteiger charge is 2.18. The summed E-state index contributed by atoms with van der Waals surface area (Å²) in [6, 6.07) is -0.267. The molecule has 0 aromatic heterocycles. The van der Waals surface area contributed by atoms with Crippen LogP contribution in [0.15, 0.2) is 0 Å². The quantitative estimate of drug-likeness (QED) is 0.640. The lowest BCUT2D eigenvalue weighted by atomic mass is 10.3. The molecule has 0 rings (SSSR count). The van der Waals surface area contributed by atoms with E-state index in [0.717, 1.165) is 0 Å². The number of rotatable bonds is 7. The van der Waals surface area contributed by atoms with E-state index in [1.165, 1.54) is 4.31 Å². The number of hydrogen-bond donors (Lipinski definition) is 1. The van der Waals surface area contributed by atoms with E-state index < -0.39 is 10.0 Å². The maximum atomic E-state index is 11.5. The van der Waals surface area contributed by atoms with Crippen molar-refractivity contribution in [3.63, 3.8) is 0 Å². The van der Waals surface area contributed by atoms with Gasteiger partial charge in [0.05, 0.1) is 12.4 Å². The summed E-state index contributed by atoms with van der Waals surface area (Å²) in [5.74, 6) is 0.170. The molecule has 0 aliphatic carbocycles. The van der Waals surface area contributed by atoms with Gasteiger partial charge < -0.3 is 10.5 Å². The monoisotopic (exact) mass is 224 g/mol. The van der Waals surface area contributed by atoms with Gasteiger partial charge in [-0.2, -0.15) is 0 Å². The van der Waals surface area contributed by atoms with Gasteiger partial charge in [-0.05, 0) is 6.42 Å². The van der Waals surface area contributed by atoms with Crippen LogP contribution >= 0.6 is 0 Å². The number of sulfonamides is 1. The molecule has 86 valence electrons. The largest absolute Gasteiger partial charge is 0.383 e. The molecule has 14 heavy (non-hydrogen) atoms. The summed E-state index contributed by atoms with van der Waals surface area (Å²) in [6.45, 7) is 2.50. The zero-order valence-electron chi connectivity index (χ0n) is 9.06. The fraction of sp³-hybridized carbons (Fsp3) is 1.00. The topological polar surface area (TPSA) is 72.6 Å². The first-order valence-electron chi connectivity index (χ1n) is 4.62. The average molecular weight is 224 g/mol. The summed E-state index contributed by atoms with van der Waals surface area (Å²) in [5, 5.41) is 0. The number of methoxy groups -OCH3 is 1. The molecule has 0 fully saturated rings. The first kappa shape index (κ1) is 13.8. The van der Waals surface area contributed by atoms with Crippen molar-refractivity contribution in [3.05, 3.63) is 0 Å². The highest BCUT2D eigenvalue weighted by Crippen LogP contribution is 2.00. The van der Waals surface area contributed by atoms with E-state index in [9.17, 15) is 8.42 Å². The zero-order chi connectivity index (χ0) is 11.2. The molecular formula is C8H20N2O3S. The van der Waals surface area contributed by atoms with Gasteiger partial charge in [-0.3, -0.25) is 0 Å². The summed E-state index contributed by atoms with van der Waals surface area (Å²) in [4.78, 5) is 0. The van der Waals surface area contributed by atoms with E-state index in [2.05, 4.69) is 0 Å². The molecule has 0 heterocycles. The van der Waals surface area contributed by atoms with Crippen molar-refractivity contribution in [2.75, 3.05) is 33.1 Å². The molecular weight excluding hydrogens is 204 g/mol. The Morgan fingerprint density at radius 1 is 1.50 bits per heavy atom. The lowest BCUT2D eigenvalue weighted by Gasteiger charge is -2.20. The van der Waals surface area contributed by atoms with Gasteiger partial charge in [-0.1, -0.05) is 6.92 Å². The Morgan fingerprint density at radius 2 is 2.07 bits per heavy atom. The average Bonchev–Trinajstić information content (AvgIpc) is 2.04. The molecule has 0 amide bonds. The van der Waals surface area contributed by atoms with Gasteiger partial charge in [0.1, 0.15) is 0 Å². The number of nitrogens with zero attached hydrogens (tertiary/aromatic N) is 1. The van der Waals surface area contributed by atoms with Crippen LogP contribution in [-0.4, -0.2) is 51.8 Å². The minimum atomic E-state index is -3.13. The van der Waals surface area contributed by atoms with Crippen molar-refractivity contribution in [2.24, 2.45) is 5.73 Å². The second-order valence-corrected chi connectivity index (χ2v) is 5.51. The fourth-order valence-electron chi connectivity index (χ4n) is 1.12. The molecule has 1 atom stereocenters. The van der Waals surface area contributed by atoms with Crippen LogP contribution in [0.5, 0.6) is 0 Å². The van der Waals surface area contributed by atoms with Crippen molar-refractivity contribution in [1.82, 2.24) is 4.31 Å². The van der Waals surface area contributed by atoms with Crippen LogP contribution in [0.3, 0.4) is 0 Å². The third kappa shape index (κ3) is 4.90. The highest BCUT2D eigenvalue weighted by atomic mass is 32.2. The summed E-state index contributed by atoms with van der Waals surface area (Å²) in [6.07, 6.45) is 0.617. The Balaban J connectivity index is 4.12. The molecule has 1 unspecified atom stereocenters. The molecule has 0 aliphatic rings. The van der Waals surface area contributed by atoms with E-state index in [-0.39, 0.29) is 11.8 Å². The smallest absolute Gasteiger partial charge is 0.213 e. The second-order valence-electron chi connectivity index (χ2n) is 3.31. The number of nitrogens with two attached hydrogens (primary N) is 1. The van der Waals surface area contributed by atoms with E-state index in [4.69, 9.17) is 10.5 Å². The molecule has 0 aromatic carbocycles. The van der Waals surface area contributed by atoms with Crippen LogP contribution in [0.2, 0.25) is 0 Å². The predicted octanol–water partition coefficient (Wildman–Crippen LogP) is -0.368. The van der Waals surface area contributed by atoms with Crippen molar-refractivity contribution in [3.8, 4) is 0 Å². The SMILES string of the molecule is CCCS(=O)(=O)N(C)CC(N)COC. The standard InChI is InChI=1S/C8H20N2O3S/c1-4-5-14(11,12)10(2)6-8(9)7-13-3/h8H,4-7,9H2,1-3H3. The van der Waals surface area contributed by atoms with Gasteiger partial charge >= 0.3 is 0 Å². The Bertz CT molecular complexity index is 241. The number of likely N-dealkylation sites (N-methyl/N-ethyl adjacent to an activating group) is 1. The van der Waals surface area contributed by atoms with E-state index in [1.54, 1.807) is 14.2 Å². The number of ether oxygens (including phenoxy) is 1. The Kier molecular flexibility index (Phi) is 6.26. The van der Waals surface area contributed by atoms with Crippen LogP contribution in [0, 0.1) is 0 Å². The van der Waals surface area contributed by atoms with Crippen LogP contribution in [0.25, 0.3) is 0 Å². The zero-order valence-corrected chi connectivity index (χ0v) is 9.88. The second kappa shape index (κ2) is 6.34. The summed E-state index contributed by atoms with van der Waals surface area (Å²) < 4.78 is 29.1. The molecule has 6 heteroatoms. The van der Waals surface area contributed by atoms with Gasteiger partial charge in [-0.25, -0.2) is 12.7 Å². The molecule has 0 aromatic rings. The fourth-order valence-corrected chi connectivity index (χ4v) is 2.37. The minimum absolute atomic E-state index is 0.170. The molecule has 0 aliphatic heterocycles. The van der Waals surface area contributed by atoms with E-state index in [0.29, 0.717) is 19.6 Å². The van der Waals surface area contributed by atoms with E-state index in [1.807, 2.05) is 6.92 Å². The molecule has 0 saturated heterocycles.